The maximum absolute atomic E-state index is 12.0. The lowest BCUT2D eigenvalue weighted by atomic mass is 10.2. The van der Waals surface area contributed by atoms with Crippen LogP contribution in [0.3, 0.4) is 0 Å². The van der Waals surface area contributed by atoms with Crippen LogP contribution < -0.4 is 15.5 Å². The van der Waals surface area contributed by atoms with E-state index in [1.165, 1.54) is 3.57 Å². The average Bonchev–Trinajstić information content (AvgIpc) is 2.70. The van der Waals surface area contributed by atoms with Crippen molar-refractivity contribution in [1.82, 2.24) is 5.43 Å². The number of benzene rings is 3. The molecule has 3 aromatic rings. The van der Waals surface area contributed by atoms with E-state index in [1.807, 2.05) is 79.7 Å². The molecule has 2 N–H and O–H groups in total. The normalized spacial score (nSPS) is 10.6. The van der Waals surface area contributed by atoms with Gasteiger partial charge in [-0.2, -0.15) is 5.10 Å². The van der Waals surface area contributed by atoms with Gasteiger partial charge in [0, 0.05) is 14.8 Å². The van der Waals surface area contributed by atoms with Crippen LogP contribution in [0.15, 0.2) is 77.9 Å². The number of anilines is 1. The Bertz CT molecular complexity index is 972. The minimum absolute atomic E-state index is 0.400. The molecule has 0 bridgehead atoms. The highest BCUT2D eigenvalue weighted by Gasteiger charge is 2.04. The third-order valence-corrected chi connectivity index (χ3v) is 4.71. The number of carbonyl (C=O) groups is 1. The number of nitrogens with zero attached hydrogens (tertiary/aromatic N) is 1. The van der Waals surface area contributed by atoms with Crippen molar-refractivity contribution < 1.29 is 9.53 Å². The highest BCUT2D eigenvalue weighted by Crippen LogP contribution is 2.18. The van der Waals surface area contributed by atoms with Gasteiger partial charge < -0.3 is 10.1 Å². The van der Waals surface area contributed by atoms with Crippen LogP contribution in [0.2, 0.25) is 0 Å². The van der Waals surface area contributed by atoms with Crippen molar-refractivity contribution in [2.24, 2.45) is 5.10 Å². The summed E-state index contributed by atoms with van der Waals surface area (Å²) in [5.41, 5.74) is 6.07. The van der Waals surface area contributed by atoms with E-state index in [2.05, 4.69) is 38.4 Å². The largest absolute Gasteiger partial charge is 0.488 e. The van der Waals surface area contributed by atoms with Crippen LogP contribution in [0.25, 0.3) is 0 Å². The van der Waals surface area contributed by atoms with Crippen LogP contribution in [0.4, 0.5) is 10.5 Å². The third kappa shape index (κ3) is 5.82. The van der Waals surface area contributed by atoms with Crippen molar-refractivity contribution in [2.45, 2.75) is 13.5 Å². The highest BCUT2D eigenvalue weighted by atomic mass is 127. The van der Waals surface area contributed by atoms with Gasteiger partial charge in [0.2, 0.25) is 0 Å². The smallest absolute Gasteiger partial charge is 0.339 e. The molecule has 0 atom stereocenters. The molecule has 0 radical (unpaired) electrons. The second-order valence-electron chi connectivity index (χ2n) is 6.09. The molecule has 0 heterocycles. The molecule has 6 heteroatoms. The predicted molar refractivity (Wildman–Crippen MR) is 121 cm³/mol. The molecule has 5 nitrogen and oxygen atoms in total. The Hall–Kier alpha value is -2.87. The third-order valence-electron chi connectivity index (χ3n) is 3.99. The summed E-state index contributed by atoms with van der Waals surface area (Å²) in [6, 6.07) is 22.9. The lowest BCUT2D eigenvalue weighted by Crippen LogP contribution is -2.24. The molecule has 0 aliphatic carbocycles. The number of hydrazone groups is 1. The number of hydrogen-bond donors (Lipinski definition) is 2. The summed E-state index contributed by atoms with van der Waals surface area (Å²) in [6.07, 6.45) is 1.57. The number of halogens is 1. The van der Waals surface area contributed by atoms with Crippen LogP contribution in [0.5, 0.6) is 5.75 Å². The Morgan fingerprint density at radius 1 is 1.04 bits per heavy atom. The lowest BCUT2D eigenvalue weighted by molar-refractivity contribution is 0.252. The first-order chi connectivity index (χ1) is 13.6. The molecule has 0 aromatic heterocycles. The van der Waals surface area contributed by atoms with E-state index in [9.17, 15) is 4.79 Å². The maximum atomic E-state index is 12.0. The molecular weight excluding hydrogens is 465 g/mol. The van der Waals surface area contributed by atoms with Crippen molar-refractivity contribution in [2.75, 3.05) is 5.32 Å². The molecule has 0 aliphatic rings. The van der Waals surface area contributed by atoms with E-state index in [-0.39, 0.29) is 0 Å². The van der Waals surface area contributed by atoms with Gasteiger partial charge in [0.15, 0.2) is 0 Å². The van der Waals surface area contributed by atoms with E-state index >= 15 is 0 Å². The van der Waals surface area contributed by atoms with Crippen molar-refractivity contribution in [3.05, 3.63) is 93.1 Å². The molecule has 0 spiro atoms. The van der Waals surface area contributed by atoms with Gasteiger partial charge in [0.05, 0.1) is 6.21 Å². The summed E-state index contributed by atoms with van der Waals surface area (Å²) in [5.74, 6) is 0.700. The van der Waals surface area contributed by atoms with Gasteiger partial charge in [-0.1, -0.05) is 42.5 Å². The highest BCUT2D eigenvalue weighted by molar-refractivity contribution is 14.1. The standard InChI is InChI=1S/C22H20IN3O2/c1-16-6-2-4-8-20(16)25-22(27)26-24-14-18-7-3-5-9-21(18)28-15-17-10-12-19(23)13-11-17/h2-14H,15H2,1H3,(H2,25,26,27). The van der Waals surface area contributed by atoms with E-state index in [0.29, 0.717) is 12.4 Å². The van der Waals surface area contributed by atoms with Gasteiger partial charge in [0.1, 0.15) is 12.4 Å². The Morgan fingerprint density at radius 3 is 2.54 bits per heavy atom. The van der Waals surface area contributed by atoms with Crippen molar-refractivity contribution in [3.63, 3.8) is 0 Å². The number of para-hydroxylation sites is 2. The van der Waals surface area contributed by atoms with Gasteiger partial charge in [0.25, 0.3) is 0 Å². The van der Waals surface area contributed by atoms with Crippen LogP contribution in [0, 0.1) is 10.5 Å². The van der Waals surface area contributed by atoms with Crippen LogP contribution in [-0.4, -0.2) is 12.2 Å². The van der Waals surface area contributed by atoms with Gasteiger partial charge >= 0.3 is 6.03 Å². The zero-order chi connectivity index (χ0) is 19.8. The van der Waals surface area contributed by atoms with Gasteiger partial charge in [-0.15, -0.1) is 0 Å². The topological polar surface area (TPSA) is 62.7 Å². The fourth-order valence-electron chi connectivity index (χ4n) is 2.48. The summed E-state index contributed by atoms with van der Waals surface area (Å²) in [4.78, 5) is 12.0. The molecular formula is C22H20IN3O2. The summed E-state index contributed by atoms with van der Waals surface area (Å²) in [6.45, 7) is 2.39. The monoisotopic (exact) mass is 485 g/mol. The van der Waals surface area contributed by atoms with E-state index in [4.69, 9.17) is 4.74 Å². The van der Waals surface area contributed by atoms with E-state index in [1.54, 1.807) is 6.21 Å². The first kappa shape index (κ1) is 19.9. The molecule has 0 unspecified atom stereocenters. The van der Waals surface area contributed by atoms with Crippen LogP contribution in [-0.2, 0) is 6.61 Å². The average molecular weight is 485 g/mol. The molecule has 0 saturated heterocycles. The number of rotatable bonds is 6. The predicted octanol–water partition coefficient (Wildman–Crippen LogP) is 5.33. The van der Waals surface area contributed by atoms with Crippen molar-refractivity contribution in [1.29, 1.82) is 0 Å². The number of hydrogen-bond acceptors (Lipinski definition) is 3. The van der Waals surface area contributed by atoms with Gasteiger partial charge in [-0.3, -0.25) is 0 Å². The quantitative estimate of drug-likeness (QED) is 0.282. The van der Waals surface area contributed by atoms with Gasteiger partial charge in [-0.25, -0.2) is 10.2 Å². The Morgan fingerprint density at radius 2 is 1.75 bits per heavy atom. The fraction of sp³-hybridized carbons (Fsp3) is 0.0909. The number of carbonyl (C=O) groups excluding carboxylic acids is 1. The molecule has 28 heavy (non-hydrogen) atoms. The molecule has 0 fully saturated rings. The number of urea groups is 1. The zero-order valence-electron chi connectivity index (χ0n) is 15.4. The number of ether oxygens (including phenoxy) is 1. The molecule has 3 aromatic carbocycles. The molecule has 0 aliphatic heterocycles. The van der Waals surface area contributed by atoms with E-state index in [0.717, 1.165) is 22.4 Å². The first-order valence-electron chi connectivity index (χ1n) is 8.74. The number of amides is 2. The summed E-state index contributed by atoms with van der Waals surface area (Å²) in [5, 5.41) is 6.79. The van der Waals surface area contributed by atoms with E-state index < -0.39 is 6.03 Å². The minimum Gasteiger partial charge on any atom is -0.488 e. The molecule has 3 rings (SSSR count). The maximum Gasteiger partial charge on any atom is 0.339 e. The summed E-state index contributed by atoms with van der Waals surface area (Å²) in [7, 11) is 0. The SMILES string of the molecule is Cc1ccccc1NC(=O)NN=Cc1ccccc1OCc1ccc(I)cc1. The second kappa shape index (κ2) is 9.89. The number of aryl methyl sites for hydroxylation is 1. The zero-order valence-corrected chi connectivity index (χ0v) is 17.5. The fourth-order valence-corrected chi connectivity index (χ4v) is 2.84. The summed E-state index contributed by atoms with van der Waals surface area (Å²) < 4.78 is 7.09. The van der Waals surface area contributed by atoms with Gasteiger partial charge in [-0.05, 0) is 71.0 Å². The Labute approximate surface area is 178 Å². The Balaban J connectivity index is 1.58. The van der Waals surface area contributed by atoms with Crippen LogP contribution in [0.1, 0.15) is 16.7 Å². The minimum atomic E-state index is -0.400. The van der Waals surface area contributed by atoms with Crippen molar-refractivity contribution in [3.8, 4) is 5.75 Å². The first-order valence-corrected chi connectivity index (χ1v) is 9.81. The molecule has 0 saturated carbocycles. The molecule has 142 valence electrons. The number of nitrogens with one attached hydrogen (secondary N) is 2. The molecule has 2 amide bonds. The lowest BCUT2D eigenvalue weighted by Gasteiger charge is -2.09. The van der Waals surface area contributed by atoms with Crippen LogP contribution >= 0.6 is 22.6 Å². The Kier molecular flexibility index (Phi) is 7.02. The summed E-state index contributed by atoms with van der Waals surface area (Å²) >= 11 is 2.27. The van der Waals surface area contributed by atoms with Crippen molar-refractivity contribution >= 4 is 40.5 Å². The second-order valence-corrected chi connectivity index (χ2v) is 7.34.